The van der Waals surface area contributed by atoms with E-state index in [1.54, 1.807) is 0 Å². The molecule has 0 fully saturated rings. The van der Waals surface area contributed by atoms with Gasteiger partial charge in [0.25, 0.3) is 0 Å². The molecular formula is C49H29N5O. The van der Waals surface area contributed by atoms with Gasteiger partial charge < -0.3 is 8.98 Å². The highest BCUT2D eigenvalue weighted by Gasteiger charge is 2.24. The first-order valence-corrected chi connectivity index (χ1v) is 18.5. The van der Waals surface area contributed by atoms with E-state index in [1.165, 1.54) is 21.5 Å². The monoisotopic (exact) mass is 703 g/mol. The average Bonchev–Trinajstić information content (AvgIpc) is 3.91. The number of hydrogen-bond donors (Lipinski definition) is 0. The Morgan fingerprint density at radius 2 is 0.964 bits per heavy atom. The van der Waals surface area contributed by atoms with Crippen LogP contribution < -0.4 is 0 Å². The molecule has 0 bridgehead atoms. The summed E-state index contributed by atoms with van der Waals surface area (Å²) in [5.74, 6) is 1.67. The van der Waals surface area contributed by atoms with E-state index in [1.807, 2.05) is 42.5 Å². The molecule has 0 unspecified atom stereocenters. The first kappa shape index (κ1) is 29.9. The van der Waals surface area contributed by atoms with Crippen LogP contribution in [0.5, 0.6) is 0 Å². The lowest BCUT2D eigenvalue weighted by molar-refractivity contribution is 0.669. The Bertz CT molecular complexity index is 3450. The van der Waals surface area contributed by atoms with Gasteiger partial charge in [-0.15, -0.1) is 0 Å². The summed E-state index contributed by atoms with van der Waals surface area (Å²) in [5.41, 5.74) is 8.59. The largest absolute Gasteiger partial charge is 0.455 e. The van der Waals surface area contributed by atoms with Crippen molar-refractivity contribution >= 4 is 76.3 Å². The molecule has 0 atom stereocenters. The summed E-state index contributed by atoms with van der Waals surface area (Å²) in [6, 6.07) is 61.4. The highest BCUT2D eigenvalue weighted by Crippen LogP contribution is 2.43. The van der Waals surface area contributed by atoms with Crippen LogP contribution >= 0.6 is 0 Å². The molecule has 0 saturated heterocycles. The number of benzene rings is 8. The molecule has 0 aliphatic rings. The molecule has 4 aromatic heterocycles. The number of furan rings is 1. The van der Waals surface area contributed by atoms with E-state index >= 15 is 0 Å². The zero-order chi connectivity index (χ0) is 36.0. The Morgan fingerprint density at radius 3 is 1.69 bits per heavy atom. The molecule has 0 aliphatic carbocycles. The maximum Gasteiger partial charge on any atom is 0.238 e. The van der Waals surface area contributed by atoms with Gasteiger partial charge in [0.15, 0.2) is 11.6 Å². The van der Waals surface area contributed by atoms with Crippen molar-refractivity contribution in [3.05, 3.63) is 176 Å². The summed E-state index contributed by atoms with van der Waals surface area (Å²) in [7, 11) is 0. The molecule has 0 N–H and O–H groups in total. The van der Waals surface area contributed by atoms with Crippen LogP contribution in [-0.4, -0.2) is 24.1 Å². The zero-order valence-electron chi connectivity index (χ0n) is 29.4. The van der Waals surface area contributed by atoms with E-state index in [0.29, 0.717) is 17.6 Å². The molecule has 12 aromatic rings. The number of hydrogen-bond acceptors (Lipinski definition) is 4. The molecule has 256 valence electrons. The standard InChI is InChI=1S/C49H29N5O/c1-2-14-30(15-3-1)47-50-48(52-49(51-47)54-40-23-11-6-18-33(40)34-19-7-12-24-41(34)54)37-26-27-42(45-36-21-9-13-25-44(36)55-46(37)45)53-39-22-10-8-20-35(39)38-28-31-16-4-5-17-32(31)29-43(38)53/h1-29H. The molecular weight excluding hydrogens is 675 g/mol. The lowest BCUT2D eigenvalue weighted by Gasteiger charge is -2.13. The third kappa shape index (κ3) is 4.39. The van der Waals surface area contributed by atoms with Gasteiger partial charge in [-0.3, -0.25) is 4.57 Å². The second kappa shape index (κ2) is 11.5. The van der Waals surface area contributed by atoms with Crippen molar-refractivity contribution in [3.8, 4) is 34.4 Å². The van der Waals surface area contributed by atoms with Crippen LogP contribution in [0.1, 0.15) is 0 Å². The molecule has 6 nitrogen and oxygen atoms in total. The van der Waals surface area contributed by atoms with Crippen LogP contribution in [-0.2, 0) is 0 Å². The average molecular weight is 704 g/mol. The van der Waals surface area contributed by atoms with E-state index in [2.05, 4.69) is 143 Å². The number of fused-ring (bicyclic) bond motifs is 10. The summed E-state index contributed by atoms with van der Waals surface area (Å²) in [6.07, 6.45) is 0. The van der Waals surface area contributed by atoms with Crippen LogP contribution in [0.25, 0.3) is 111 Å². The predicted octanol–water partition coefficient (Wildman–Crippen LogP) is 12.5. The molecule has 55 heavy (non-hydrogen) atoms. The van der Waals surface area contributed by atoms with Crippen LogP contribution in [0.15, 0.2) is 180 Å². The Balaban J connectivity index is 1.18. The topological polar surface area (TPSA) is 61.7 Å². The lowest BCUT2D eigenvalue weighted by Crippen LogP contribution is -2.06. The summed E-state index contributed by atoms with van der Waals surface area (Å²) in [5, 5.41) is 9.14. The molecule has 0 amide bonds. The number of nitrogens with zero attached hydrogens (tertiary/aromatic N) is 5. The van der Waals surface area contributed by atoms with Crippen LogP contribution in [0, 0.1) is 0 Å². The van der Waals surface area contributed by atoms with Crippen molar-refractivity contribution in [1.29, 1.82) is 0 Å². The van der Waals surface area contributed by atoms with Gasteiger partial charge in [0.05, 0.1) is 38.7 Å². The number of para-hydroxylation sites is 4. The van der Waals surface area contributed by atoms with Crippen LogP contribution in [0.3, 0.4) is 0 Å². The molecule has 0 saturated carbocycles. The highest BCUT2D eigenvalue weighted by atomic mass is 16.3. The summed E-state index contributed by atoms with van der Waals surface area (Å²) >= 11 is 0. The van der Waals surface area contributed by atoms with Gasteiger partial charge in [-0.05, 0) is 59.3 Å². The Kier molecular flexibility index (Phi) is 6.24. The molecule has 12 rings (SSSR count). The maximum absolute atomic E-state index is 6.87. The smallest absolute Gasteiger partial charge is 0.238 e. The maximum atomic E-state index is 6.87. The van der Waals surface area contributed by atoms with Crippen molar-refractivity contribution in [1.82, 2.24) is 24.1 Å². The normalized spacial score (nSPS) is 12.0. The number of aromatic nitrogens is 5. The lowest BCUT2D eigenvalue weighted by atomic mass is 10.0. The molecule has 0 radical (unpaired) electrons. The molecule has 8 aromatic carbocycles. The van der Waals surface area contributed by atoms with Crippen molar-refractivity contribution in [2.24, 2.45) is 0 Å². The quantitative estimate of drug-likeness (QED) is 0.183. The Labute approximate surface area is 314 Å². The van der Waals surface area contributed by atoms with Gasteiger partial charge in [0.1, 0.15) is 11.2 Å². The molecule has 0 spiro atoms. The first-order chi connectivity index (χ1) is 27.3. The Hall–Kier alpha value is -7.57. The third-order valence-corrected chi connectivity index (χ3v) is 11.0. The van der Waals surface area contributed by atoms with Gasteiger partial charge in [-0.2, -0.15) is 9.97 Å². The van der Waals surface area contributed by atoms with Crippen molar-refractivity contribution in [3.63, 3.8) is 0 Å². The fourth-order valence-electron chi connectivity index (χ4n) is 8.53. The van der Waals surface area contributed by atoms with Crippen molar-refractivity contribution in [2.45, 2.75) is 0 Å². The van der Waals surface area contributed by atoms with Gasteiger partial charge in [0.2, 0.25) is 5.95 Å². The van der Waals surface area contributed by atoms with Gasteiger partial charge in [0, 0.05) is 32.5 Å². The van der Waals surface area contributed by atoms with Crippen LogP contribution in [0.4, 0.5) is 0 Å². The SMILES string of the molecule is c1ccc(-c2nc(-c3ccc(-n4c5ccccc5c5cc6ccccc6cc54)c4c3oc3ccccc34)nc(-n3c4ccccc4c4ccccc43)n2)cc1. The van der Waals surface area contributed by atoms with Gasteiger partial charge in [-0.25, -0.2) is 4.98 Å². The summed E-state index contributed by atoms with van der Waals surface area (Å²) in [4.78, 5) is 15.6. The summed E-state index contributed by atoms with van der Waals surface area (Å²) in [6.45, 7) is 0. The van der Waals surface area contributed by atoms with Crippen molar-refractivity contribution < 1.29 is 4.42 Å². The van der Waals surface area contributed by atoms with E-state index < -0.39 is 0 Å². The second-order valence-electron chi connectivity index (χ2n) is 14.0. The van der Waals surface area contributed by atoms with Crippen molar-refractivity contribution in [2.75, 3.05) is 0 Å². The van der Waals surface area contributed by atoms with Gasteiger partial charge >= 0.3 is 0 Å². The summed E-state index contributed by atoms with van der Waals surface area (Å²) < 4.78 is 11.4. The zero-order valence-corrected chi connectivity index (χ0v) is 29.4. The minimum Gasteiger partial charge on any atom is -0.455 e. The first-order valence-electron chi connectivity index (χ1n) is 18.5. The second-order valence-corrected chi connectivity index (χ2v) is 14.0. The highest BCUT2D eigenvalue weighted by molar-refractivity contribution is 6.18. The number of rotatable bonds is 4. The van der Waals surface area contributed by atoms with E-state index in [4.69, 9.17) is 19.4 Å². The van der Waals surface area contributed by atoms with E-state index in [9.17, 15) is 0 Å². The predicted molar refractivity (Wildman–Crippen MR) is 224 cm³/mol. The van der Waals surface area contributed by atoms with E-state index in [-0.39, 0.29) is 0 Å². The molecule has 4 heterocycles. The minimum absolute atomic E-state index is 0.537. The van der Waals surface area contributed by atoms with E-state index in [0.717, 1.165) is 71.6 Å². The van der Waals surface area contributed by atoms with Gasteiger partial charge in [-0.1, -0.05) is 127 Å². The third-order valence-electron chi connectivity index (χ3n) is 11.0. The fraction of sp³-hybridized carbons (Fsp3) is 0. The molecule has 6 heteroatoms. The Morgan fingerprint density at radius 1 is 0.400 bits per heavy atom. The van der Waals surface area contributed by atoms with Crippen LogP contribution in [0.2, 0.25) is 0 Å². The fourth-order valence-corrected chi connectivity index (χ4v) is 8.53. The minimum atomic E-state index is 0.537. The molecule has 0 aliphatic heterocycles.